The molecule has 2 atom stereocenters. The SMILES string of the molecule is CCCCCCCCCCCCCCCCCCOCC(COP(=O)(O)OCC[N+](C)(C)C)n1cncn1. The minimum atomic E-state index is -4.14. The van der Waals surface area contributed by atoms with E-state index in [4.69, 9.17) is 13.8 Å². The number of aromatic nitrogens is 3. The van der Waals surface area contributed by atoms with Crippen LogP contribution in [0.4, 0.5) is 0 Å². The van der Waals surface area contributed by atoms with Gasteiger partial charge in [0.2, 0.25) is 0 Å². The molecule has 0 aliphatic carbocycles. The molecule has 38 heavy (non-hydrogen) atoms. The maximum Gasteiger partial charge on any atom is 0.472 e. The van der Waals surface area contributed by atoms with E-state index in [1.54, 1.807) is 11.0 Å². The molecule has 0 saturated heterocycles. The van der Waals surface area contributed by atoms with Gasteiger partial charge in [0.05, 0.1) is 34.4 Å². The van der Waals surface area contributed by atoms with E-state index in [-0.39, 0.29) is 19.3 Å². The first kappa shape index (κ1) is 35.2. The quantitative estimate of drug-likeness (QED) is 0.0706. The second-order valence-corrected chi connectivity index (χ2v) is 13.0. The molecule has 1 aromatic heterocycles. The van der Waals surface area contributed by atoms with Crippen LogP contribution in [0.5, 0.6) is 0 Å². The van der Waals surface area contributed by atoms with Gasteiger partial charge in [-0.25, -0.2) is 14.2 Å². The number of ether oxygens (including phenoxy) is 1. The first-order valence-electron chi connectivity index (χ1n) is 15.1. The highest BCUT2D eigenvalue weighted by Crippen LogP contribution is 2.43. The molecule has 0 saturated carbocycles. The number of phosphoric ester groups is 1. The summed E-state index contributed by atoms with van der Waals surface area (Å²) >= 11 is 0. The van der Waals surface area contributed by atoms with Gasteiger partial charge in [0.15, 0.2) is 0 Å². The van der Waals surface area contributed by atoms with Crippen molar-refractivity contribution in [3.05, 3.63) is 12.7 Å². The molecule has 10 heteroatoms. The van der Waals surface area contributed by atoms with Crippen molar-refractivity contribution in [2.75, 3.05) is 54.1 Å². The smallest absolute Gasteiger partial charge is 0.379 e. The van der Waals surface area contributed by atoms with Gasteiger partial charge < -0.3 is 14.1 Å². The highest BCUT2D eigenvalue weighted by Gasteiger charge is 2.25. The van der Waals surface area contributed by atoms with Gasteiger partial charge in [-0.2, -0.15) is 5.10 Å². The number of likely N-dealkylation sites (N-methyl/N-ethyl adjacent to an activating group) is 1. The average molecular weight is 562 g/mol. The molecule has 0 aliphatic heterocycles. The number of phosphoric acid groups is 1. The first-order valence-corrected chi connectivity index (χ1v) is 16.6. The molecule has 0 bridgehead atoms. The Morgan fingerprint density at radius 3 is 1.79 bits per heavy atom. The van der Waals surface area contributed by atoms with Crippen LogP contribution in [0.15, 0.2) is 12.7 Å². The maximum atomic E-state index is 12.2. The van der Waals surface area contributed by atoms with E-state index in [1.165, 1.54) is 96.2 Å². The van der Waals surface area contributed by atoms with E-state index < -0.39 is 7.82 Å². The highest BCUT2D eigenvalue weighted by molar-refractivity contribution is 7.47. The summed E-state index contributed by atoms with van der Waals surface area (Å²) in [6, 6.07) is -0.346. The zero-order chi connectivity index (χ0) is 28.0. The van der Waals surface area contributed by atoms with E-state index in [2.05, 4.69) is 17.0 Å². The Kier molecular flexibility index (Phi) is 20.3. The molecule has 0 aromatic carbocycles. The highest BCUT2D eigenvalue weighted by atomic mass is 31.2. The second kappa shape index (κ2) is 21.9. The van der Waals surface area contributed by atoms with E-state index in [0.29, 0.717) is 24.2 Å². The third-order valence-electron chi connectivity index (χ3n) is 6.71. The lowest BCUT2D eigenvalue weighted by molar-refractivity contribution is -0.870. The summed E-state index contributed by atoms with van der Waals surface area (Å²) in [5.74, 6) is 0. The van der Waals surface area contributed by atoms with E-state index in [1.807, 2.05) is 21.1 Å². The molecule has 224 valence electrons. The first-order chi connectivity index (χ1) is 18.2. The molecule has 1 aromatic rings. The van der Waals surface area contributed by atoms with Gasteiger partial charge in [-0.1, -0.05) is 103 Å². The second-order valence-electron chi connectivity index (χ2n) is 11.5. The van der Waals surface area contributed by atoms with Crippen LogP contribution in [0.2, 0.25) is 0 Å². The summed E-state index contributed by atoms with van der Waals surface area (Å²) in [6.45, 7) is 3.96. The van der Waals surface area contributed by atoms with Crippen molar-refractivity contribution in [3.8, 4) is 0 Å². The lowest BCUT2D eigenvalue weighted by Gasteiger charge is -2.24. The number of quaternary nitrogens is 1. The summed E-state index contributed by atoms with van der Waals surface area (Å²) < 4.78 is 30.6. The van der Waals surface area contributed by atoms with Gasteiger partial charge in [0.25, 0.3) is 0 Å². The lowest BCUT2D eigenvalue weighted by Crippen LogP contribution is -2.37. The lowest BCUT2D eigenvalue weighted by atomic mass is 10.0. The minimum Gasteiger partial charge on any atom is -0.379 e. The summed E-state index contributed by atoms with van der Waals surface area (Å²) in [5, 5.41) is 4.14. The van der Waals surface area contributed by atoms with Gasteiger partial charge in [0, 0.05) is 6.61 Å². The standard InChI is InChI=1S/C28H57N4O5P/c1-5-6-7-8-9-10-11-12-13-14-15-16-17-18-19-20-22-35-24-28(31-27-29-26-30-31)25-37-38(33,34)36-23-21-32(2,3)4/h26-28H,5-25H2,1-4H3/p+1. The molecule has 0 fully saturated rings. The summed E-state index contributed by atoms with van der Waals surface area (Å²) in [6.07, 6.45) is 24.4. The van der Waals surface area contributed by atoms with Crippen LogP contribution in [0, 0.1) is 0 Å². The van der Waals surface area contributed by atoms with Gasteiger partial charge in [0.1, 0.15) is 31.8 Å². The zero-order valence-electron chi connectivity index (χ0n) is 24.9. The largest absolute Gasteiger partial charge is 0.472 e. The molecular weight excluding hydrogens is 503 g/mol. The Morgan fingerprint density at radius 2 is 1.32 bits per heavy atom. The van der Waals surface area contributed by atoms with Crippen molar-refractivity contribution in [1.82, 2.24) is 14.8 Å². The monoisotopic (exact) mass is 561 g/mol. The normalized spacial score (nSPS) is 14.6. The fourth-order valence-electron chi connectivity index (χ4n) is 4.23. The molecule has 9 nitrogen and oxygen atoms in total. The van der Waals surface area contributed by atoms with Crippen molar-refractivity contribution in [1.29, 1.82) is 0 Å². The van der Waals surface area contributed by atoms with Crippen LogP contribution in [-0.4, -0.2) is 78.3 Å². The van der Waals surface area contributed by atoms with Crippen molar-refractivity contribution >= 4 is 7.82 Å². The maximum absolute atomic E-state index is 12.2. The molecule has 1 heterocycles. The van der Waals surface area contributed by atoms with E-state index in [0.717, 1.165) is 12.8 Å². The summed E-state index contributed by atoms with van der Waals surface area (Å²) in [7, 11) is 1.83. The van der Waals surface area contributed by atoms with Crippen LogP contribution in [-0.2, 0) is 18.3 Å². The van der Waals surface area contributed by atoms with Crippen molar-refractivity contribution in [2.24, 2.45) is 0 Å². The van der Waals surface area contributed by atoms with Crippen molar-refractivity contribution < 1.29 is 27.7 Å². The number of nitrogens with zero attached hydrogens (tertiary/aromatic N) is 4. The Labute approximate surface area is 232 Å². The van der Waals surface area contributed by atoms with Crippen molar-refractivity contribution in [3.63, 3.8) is 0 Å². The number of rotatable bonds is 27. The fraction of sp³-hybridized carbons (Fsp3) is 0.929. The van der Waals surface area contributed by atoms with Crippen LogP contribution >= 0.6 is 7.82 Å². The number of hydrogen-bond acceptors (Lipinski definition) is 6. The predicted molar refractivity (Wildman–Crippen MR) is 154 cm³/mol. The van der Waals surface area contributed by atoms with Gasteiger partial charge in [-0.15, -0.1) is 0 Å². The molecular formula is C28H58N4O5P+. The Balaban J connectivity index is 2.04. The molecule has 0 spiro atoms. The zero-order valence-corrected chi connectivity index (χ0v) is 25.8. The molecule has 1 rings (SSSR count). The Hall–Kier alpha value is -0.830. The van der Waals surface area contributed by atoms with Crippen LogP contribution in [0.3, 0.4) is 0 Å². The van der Waals surface area contributed by atoms with E-state index in [9.17, 15) is 9.46 Å². The van der Waals surface area contributed by atoms with Crippen molar-refractivity contribution in [2.45, 2.75) is 116 Å². The topological polar surface area (TPSA) is 95.7 Å². The third-order valence-corrected chi connectivity index (χ3v) is 7.69. The van der Waals surface area contributed by atoms with Crippen LogP contribution in [0.25, 0.3) is 0 Å². The van der Waals surface area contributed by atoms with Gasteiger partial charge in [-0.3, -0.25) is 9.05 Å². The summed E-state index contributed by atoms with van der Waals surface area (Å²) in [5.41, 5.74) is 0. The van der Waals surface area contributed by atoms with Gasteiger partial charge in [-0.05, 0) is 6.42 Å². The molecule has 0 amide bonds. The van der Waals surface area contributed by atoms with E-state index >= 15 is 0 Å². The summed E-state index contributed by atoms with van der Waals surface area (Å²) in [4.78, 5) is 14.0. The Morgan fingerprint density at radius 1 is 0.789 bits per heavy atom. The molecule has 2 unspecified atom stereocenters. The van der Waals surface area contributed by atoms with Crippen LogP contribution in [0.1, 0.15) is 116 Å². The fourth-order valence-corrected chi connectivity index (χ4v) is 4.97. The predicted octanol–water partition coefficient (Wildman–Crippen LogP) is 6.94. The molecule has 0 aliphatic rings. The third kappa shape index (κ3) is 21.0. The number of unbranched alkanes of at least 4 members (excludes halogenated alkanes) is 15. The Bertz CT molecular complexity index is 700. The minimum absolute atomic E-state index is 0.0412. The molecule has 0 radical (unpaired) electrons. The number of hydrogen-bond donors (Lipinski definition) is 1. The van der Waals surface area contributed by atoms with Crippen LogP contribution < -0.4 is 0 Å². The van der Waals surface area contributed by atoms with Gasteiger partial charge >= 0.3 is 7.82 Å². The molecule has 1 N–H and O–H groups in total. The average Bonchev–Trinajstić information content (AvgIpc) is 3.39.